The average molecular weight is 419 g/mol. The van der Waals surface area contributed by atoms with E-state index in [0.29, 0.717) is 21.5 Å². The van der Waals surface area contributed by atoms with Gasteiger partial charge in [-0.05, 0) is 38.1 Å². The van der Waals surface area contributed by atoms with Crippen LogP contribution in [-0.2, 0) is 6.42 Å². The molecule has 0 fully saturated rings. The smallest absolute Gasteiger partial charge is 0.319 e. The Bertz CT molecular complexity index is 948. The highest BCUT2D eigenvalue weighted by Crippen LogP contribution is 2.41. The van der Waals surface area contributed by atoms with E-state index >= 15 is 0 Å². The lowest BCUT2D eigenvalue weighted by Gasteiger charge is -2.17. The number of ether oxygens (including phenoxy) is 2. The number of benzene rings is 2. The zero-order valence-electron chi connectivity index (χ0n) is 15.6. The minimum atomic E-state index is -0.384. The Balaban J connectivity index is 1.43. The van der Waals surface area contributed by atoms with Gasteiger partial charge in [0, 0.05) is 17.7 Å². The zero-order chi connectivity index (χ0) is 20.1. The van der Waals surface area contributed by atoms with Crippen molar-refractivity contribution in [3.05, 3.63) is 52.0 Å². The number of para-hydroxylation sites is 1. The Morgan fingerprint density at radius 2 is 2.04 bits per heavy atom. The van der Waals surface area contributed by atoms with Gasteiger partial charge in [-0.3, -0.25) is 0 Å². The standard InChI is InChI=1S/C21H20Cl2N2O3/c1-21(2)13-14-6-5-7-18(19(14)28-21)27-11-4-3-10-24-20(26)25-15-8-9-16(22)17(23)12-15/h5-9,12H,10-11,13H2,1-2H3,(H2,24,25,26). The molecule has 0 unspecified atom stereocenters. The number of rotatable bonds is 4. The number of fused-ring (bicyclic) bond motifs is 1. The first-order valence-electron chi connectivity index (χ1n) is 8.73. The molecule has 0 radical (unpaired) electrons. The van der Waals surface area contributed by atoms with Crippen molar-refractivity contribution in [3.8, 4) is 23.3 Å². The maximum absolute atomic E-state index is 11.8. The van der Waals surface area contributed by atoms with Gasteiger partial charge in [0.25, 0.3) is 0 Å². The van der Waals surface area contributed by atoms with Crippen LogP contribution in [0.5, 0.6) is 11.5 Å². The van der Waals surface area contributed by atoms with Gasteiger partial charge in [0.1, 0.15) is 12.2 Å². The van der Waals surface area contributed by atoms with Crippen LogP contribution in [0.25, 0.3) is 0 Å². The predicted octanol–water partition coefficient (Wildman–Crippen LogP) is 4.91. The molecule has 0 atom stereocenters. The number of halogens is 2. The number of anilines is 1. The fourth-order valence-electron chi connectivity index (χ4n) is 2.80. The number of urea groups is 1. The summed E-state index contributed by atoms with van der Waals surface area (Å²) in [5, 5.41) is 6.09. The van der Waals surface area contributed by atoms with E-state index in [1.54, 1.807) is 18.2 Å². The van der Waals surface area contributed by atoms with Gasteiger partial charge in [0.15, 0.2) is 11.5 Å². The second-order valence-corrected chi connectivity index (χ2v) is 7.68. The van der Waals surface area contributed by atoms with Gasteiger partial charge < -0.3 is 20.1 Å². The molecular weight excluding hydrogens is 399 g/mol. The number of carbonyl (C=O) groups excluding carboxylic acids is 1. The van der Waals surface area contributed by atoms with E-state index in [9.17, 15) is 4.79 Å². The molecule has 0 bridgehead atoms. The molecule has 1 aliphatic rings. The van der Waals surface area contributed by atoms with Gasteiger partial charge in [-0.1, -0.05) is 47.2 Å². The third-order valence-corrected chi connectivity index (χ3v) is 4.73. The molecule has 0 saturated heterocycles. The molecule has 0 aliphatic carbocycles. The van der Waals surface area contributed by atoms with Gasteiger partial charge in [-0.15, -0.1) is 0 Å². The Morgan fingerprint density at radius 3 is 2.82 bits per heavy atom. The maximum Gasteiger partial charge on any atom is 0.319 e. The number of hydrogen-bond donors (Lipinski definition) is 2. The van der Waals surface area contributed by atoms with E-state index in [1.807, 2.05) is 32.0 Å². The third kappa shape index (κ3) is 5.25. The Morgan fingerprint density at radius 1 is 1.21 bits per heavy atom. The summed E-state index contributed by atoms with van der Waals surface area (Å²) in [5.74, 6) is 7.18. The number of carbonyl (C=O) groups is 1. The summed E-state index contributed by atoms with van der Waals surface area (Å²) in [7, 11) is 0. The van der Waals surface area contributed by atoms with Gasteiger partial charge in [0.2, 0.25) is 0 Å². The summed E-state index contributed by atoms with van der Waals surface area (Å²) >= 11 is 11.8. The Kier molecular flexibility index (Phi) is 6.23. The van der Waals surface area contributed by atoms with Crippen LogP contribution in [0.2, 0.25) is 10.0 Å². The molecule has 1 aliphatic heterocycles. The molecular formula is C21H20Cl2N2O3. The number of nitrogens with one attached hydrogen (secondary N) is 2. The van der Waals surface area contributed by atoms with Crippen molar-refractivity contribution in [2.75, 3.05) is 18.5 Å². The SMILES string of the molecule is CC1(C)Cc2cccc(OCC#CCNC(=O)Nc3ccc(Cl)c(Cl)c3)c2O1. The van der Waals surface area contributed by atoms with Crippen molar-refractivity contribution >= 4 is 34.9 Å². The second-order valence-electron chi connectivity index (χ2n) is 6.86. The van der Waals surface area contributed by atoms with Crippen molar-refractivity contribution in [2.45, 2.75) is 25.9 Å². The summed E-state index contributed by atoms with van der Waals surface area (Å²) in [6.45, 7) is 4.49. The summed E-state index contributed by atoms with van der Waals surface area (Å²) < 4.78 is 11.7. The highest BCUT2D eigenvalue weighted by Gasteiger charge is 2.32. The summed E-state index contributed by atoms with van der Waals surface area (Å²) in [4.78, 5) is 11.8. The van der Waals surface area contributed by atoms with Crippen LogP contribution in [0.1, 0.15) is 19.4 Å². The van der Waals surface area contributed by atoms with Crippen LogP contribution >= 0.6 is 23.2 Å². The molecule has 2 aromatic carbocycles. The molecule has 7 heteroatoms. The van der Waals surface area contributed by atoms with Gasteiger partial charge in [0.05, 0.1) is 16.6 Å². The lowest BCUT2D eigenvalue weighted by molar-refractivity contribution is 0.133. The molecule has 5 nitrogen and oxygen atoms in total. The van der Waals surface area contributed by atoms with Crippen LogP contribution in [0.15, 0.2) is 36.4 Å². The Labute approximate surface area is 174 Å². The average Bonchev–Trinajstić information content (AvgIpc) is 2.95. The molecule has 28 heavy (non-hydrogen) atoms. The molecule has 0 saturated carbocycles. The predicted molar refractivity (Wildman–Crippen MR) is 112 cm³/mol. The molecule has 1 heterocycles. The summed E-state index contributed by atoms with van der Waals surface area (Å²) in [6.07, 6.45) is 0.850. The fraction of sp³-hybridized carbons (Fsp3) is 0.286. The van der Waals surface area contributed by atoms with Crippen LogP contribution in [0, 0.1) is 11.8 Å². The maximum atomic E-state index is 11.8. The van der Waals surface area contributed by atoms with Crippen molar-refractivity contribution in [3.63, 3.8) is 0 Å². The van der Waals surface area contributed by atoms with Gasteiger partial charge in [-0.2, -0.15) is 0 Å². The van der Waals surface area contributed by atoms with E-state index < -0.39 is 0 Å². The number of hydrogen-bond acceptors (Lipinski definition) is 3. The molecule has 3 rings (SSSR count). The van der Waals surface area contributed by atoms with Gasteiger partial charge in [-0.25, -0.2) is 4.79 Å². The molecule has 2 aromatic rings. The van der Waals surface area contributed by atoms with Gasteiger partial charge >= 0.3 is 6.03 Å². The number of amides is 2. The van der Waals surface area contributed by atoms with Crippen molar-refractivity contribution in [2.24, 2.45) is 0 Å². The topological polar surface area (TPSA) is 59.6 Å². The largest absolute Gasteiger partial charge is 0.483 e. The fourth-order valence-corrected chi connectivity index (χ4v) is 3.10. The lowest BCUT2D eigenvalue weighted by Crippen LogP contribution is -2.28. The van der Waals surface area contributed by atoms with Crippen LogP contribution in [0.3, 0.4) is 0 Å². The van der Waals surface area contributed by atoms with E-state index in [0.717, 1.165) is 17.7 Å². The lowest BCUT2D eigenvalue weighted by atomic mass is 10.0. The summed E-state index contributed by atoms with van der Waals surface area (Å²) in [5.41, 5.74) is 1.46. The minimum absolute atomic E-state index is 0.187. The monoisotopic (exact) mass is 418 g/mol. The van der Waals surface area contributed by atoms with E-state index in [2.05, 4.69) is 22.5 Å². The van der Waals surface area contributed by atoms with E-state index in [4.69, 9.17) is 32.7 Å². The molecule has 2 amide bonds. The van der Waals surface area contributed by atoms with Crippen LogP contribution < -0.4 is 20.1 Å². The minimum Gasteiger partial charge on any atom is -0.483 e. The molecule has 0 spiro atoms. The van der Waals surface area contributed by atoms with Crippen molar-refractivity contribution in [1.82, 2.24) is 5.32 Å². The first-order valence-corrected chi connectivity index (χ1v) is 9.49. The van der Waals surface area contributed by atoms with E-state index in [1.165, 1.54) is 0 Å². The van der Waals surface area contributed by atoms with Crippen LogP contribution in [0.4, 0.5) is 10.5 Å². The third-order valence-electron chi connectivity index (χ3n) is 3.99. The van der Waals surface area contributed by atoms with E-state index in [-0.39, 0.29) is 24.8 Å². The first-order chi connectivity index (χ1) is 13.3. The molecule has 146 valence electrons. The zero-order valence-corrected chi connectivity index (χ0v) is 17.1. The first kappa shape index (κ1) is 20.2. The molecule has 2 N–H and O–H groups in total. The summed E-state index contributed by atoms with van der Waals surface area (Å²) in [6, 6.07) is 10.3. The highest BCUT2D eigenvalue weighted by atomic mass is 35.5. The second kappa shape index (κ2) is 8.64. The van der Waals surface area contributed by atoms with Crippen molar-refractivity contribution in [1.29, 1.82) is 0 Å². The molecule has 0 aromatic heterocycles. The highest BCUT2D eigenvalue weighted by molar-refractivity contribution is 6.42. The normalized spacial score (nSPS) is 13.6. The Hall–Kier alpha value is -2.55. The quantitative estimate of drug-likeness (QED) is 0.693. The van der Waals surface area contributed by atoms with Crippen LogP contribution in [-0.4, -0.2) is 24.8 Å². The van der Waals surface area contributed by atoms with Crippen molar-refractivity contribution < 1.29 is 14.3 Å².